The Morgan fingerprint density at radius 2 is 1.52 bits per heavy atom. The van der Waals surface area contributed by atoms with Crippen molar-refractivity contribution < 1.29 is 4.92 Å². The van der Waals surface area contributed by atoms with Gasteiger partial charge in [-0.25, -0.2) is 0 Å². The van der Waals surface area contributed by atoms with Crippen LogP contribution >= 0.6 is 24.0 Å². The Morgan fingerprint density at radius 3 is 2.08 bits per heavy atom. The lowest BCUT2D eigenvalue weighted by Crippen LogP contribution is -2.36. The summed E-state index contributed by atoms with van der Waals surface area (Å²) in [5, 5.41) is 17.4. The average molecular weight is 454 g/mol. The van der Waals surface area contributed by atoms with Gasteiger partial charge in [-0.05, 0) is 17.5 Å². The second-order valence-electron chi connectivity index (χ2n) is 5.29. The molecule has 2 N–H and O–H groups in total. The Labute approximate surface area is 164 Å². The van der Waals surface area contributed by atoms with Gasteiger partial charge < -0.3 is 10.6 Å². The van der Waals surface area contributed by atoms with E-state index in [1.54, 1.807) is 25.2 Å². The highest BCUT2D eigenvalue weighted by atomic mass is 127. The topological polar surface area (TPSA) is 79.6 Å². The molecule has 0 spiro atoms. The zero-order valence-electron chi connectivity index (χ0n) is 14.4. The van der Waals surface area contributed by atoms with Crippen molar-refractivity contribution in [3.05, 3.63) is 75.3 Å². The molecule has 134 valence electrons. The summed E-state index contributed by atoms with van der Waals surface area (Å²) in [6.45, 7) is 3.12. The molecule has 2 rings (SSSR count). The molecule has 0 aromatic heterocycles. The first-order valence-electron chi connectivity index (χ1n) is 7.89. The molecule has 2 aromatic rings. The number of rotatable bonds is 6. The van der Waals surface area contributed by atoms with E-state index in [1.807, 2.05) is 12.1 Å². The van der Waals surface area contributed by atoms with Crippen molar-refractivity contribution in [2.75, 3.05) is 7.05 Å². The third kappa shape index (κ3) is 6.00. The van der Waals surface area contributed by atoms with E-state index in [4.69, 9.17) is 0 Å². The maximum atomic E-state index is 11.0. The maximum Gasteiger partial charge on any atom is 0.274 e. The minimum absolute atomic E-state index is 0. The summed E-state index contributed by atoms with van der Waals surface area (Å²) in [6.07, 6.45) is 0.972. The second kappa shape index (κ2) is 10.7. The minimum Gasteiger partial charge on any atom is -0.352 e. The van der Waals surface area contributed by atoms with Gasteiger partial charge in [-0.1, -0.05) is 49.4 Å². The van der Waals surface area contributed by atoms with Crippen LogP contribution in [-0.4, -0.2) is 17.9 Å². The predicted molar refractivity (Wildman–Crippen MR) is 111 cm³/mol. The molecule has 0 bridgehead atoms. The number of benzene rings is 2. The van der Waals surface area contributed by atoms with Crippen LogP contribution in [0.5, 0.6) is 0 Å². The molecule has 0 saturated heterocycles. The molecule has 0 atom stereocenters. The largest absolute Gasteiger partial charge is 0.352 e. The smallest absolute Gasteiger partial charge is 0.274 e. The average Bonchev–Trinajstić information content (AvgIpc) is 2.62. The molecule has 0 fully saturated rings. The minimum atomic E-state index is -0.370. The van der Waals surface area contributed by atoms with Crippen molar-refractivity contribution in [2.24, 2.45) is 4.99 Å². The lowest BCUT2D eigenvalue weighted by atomic mass is 10.1. The number of hydrogen-bond donors (Lipinski definition) is 2. The Kier molecular flexibility index (Phi) is 8.90. The standard InChI is InChI=1S/C18H22N4O2.HI/c1-3-14-8-4-5-9-15(14)12-20-18(19-2)21-13-16-10-6-7-11-17(16)22(23)24;/h4-11H,3,12-13H2,1-2H3,(H2,19,20,21);1H. The fourth-order valence-corrected chi connectivity index (χ4v) is 2.49. The highest BCUT2D eigenvalue weighted by molar-refractivity contribution is 14.0. The van der Waals surface area contributed by atoms with Crippen LogP contribution in [0.15, 0.2) is 53.5 Å². The number of nitro groups is 1. The van der Waals surface area contributed by atoms with Crippen molar-refractivity contribution in [3.63, 3.8) is 0 Å². The normalized spacial score (nSPS) is 10.7. The van der Waals surface area contributed by atoms with Gasteiger partial charge in [0.25, 0.3) is 5.69 Å². The number of guanidine groups is 1. The van der Waals surface area contributed by atoms with E-state index in [2.05, 4.69) is 34.7 Å². The van der Waals surface area contributed by atoms with Gasteiger partial charge in [0.2, 0.25) is 0 Å². The van der Waals surface area contributed by atoms with Gasteiger partial charge in [0.1, 0.15) is 0 Å². The zero-order chi connectivity index (χ0) is 17.4. The van der Waals surface area contributed by atoms with Crippen LogP contribution in [0.2, 0.25) is 0 Å². The quantitative estimate of drug-likeness (QED) is 0.230. The molecule has 7 heteroatoms. The summed E-state index contributed by atoms with van der Waals surface area (Å²) < 4.78 is 0. The fourth-order valence-electron chi connectivity index (χ4n) is 2.49. The molecule has 2 aromatic carbocycles. The highest BCUT2D eigenvalue weighted by Gasteiger charge is 2.12. The van der Waals surface area contributed by atoms with Crippen molar-refractivity contribution in [1.82, 2.24) is 10.6 Å². The first-order valence-corrected chi connectivity index (χ1v) is 7.89. The maximum absolute atomic E-state index is 11.0. The van der Waals surface area contributed by atoms with Crippen LogP contribution in [-0.2, 0) is 19.5 Å². The van der Waals surface area contributed by atoms with Gasteiger partial charge in [-0.15, -0.1) is 24.0 Å². The van der Waals surface area contributed by atoms with Crippen LogP contribution in [0, 0.1) is 10.1 Å². The molecule has 0 aliphatic rings. The van der Waals surface area contributed by atoms with E-state index in [9.17, 15) is 10.1 Å². The molecule has 0 aliphatic heterocycles. The number of nitrogens with one attached hydrogen (secondary N) is 2. The summed E-state index contributed by atoms with van der Waals surface area (Å²) in [6, 6.07) is 14.9. The van der Waals surface area contributed by atoms with Crippen LogP contribution in [0.25, 0.3) is 0 Å². The summed E-state index contributed by atoms with van der Waals surface area (Å²) in [5.74, 6) is 0.610. The molecule has 0 aliphatic carbocycles. The Morgan fingerprint density at radius 1 is 1.00 bits per heavy atom. The van der Waals surface area contributed by atoms with Crippen molar-refractivity contribution in [3.8, 4) is 0 Å². The molecule has 0 radical (unpaired) electrons. The molecular formula is C18H23IN4O2. The van der Waals surface area contributed by atoms with Gasteiger partial charge in [-0.3, -0.25) is 15.1 Å². The lowest BCUT2D eigenvalue weighted by Gasteiger charge is -2.14. The summed E-state index contributed by atoms with van der Waals surface area (Å²) in [5.41, 5.74) is 3.24. The molecule has 0 heterocycles. The van der Waals surface area contributed by atoms with Gasteiger partial charge in [0.05, 0.1) is 4.92 Å². The molecule has 0 amide bonds. The van der Waals surface area contributed by atoms with Gasteiger partial charge >= 0.3 is 0 Å². The lowest BCUT2D eigenvalue weighted by molar-refractivity contribution is -0.385. The van der Waals surface area contributed by atoms with Crippen molar-refractivity contribution in [1.29, 1.82) is 0 Å². The van der Waals surface area contributed by atoms with Crippen molar-refractivity contribution in [2.45, 2.75) is 26.4 Å². The summed E-state index contributed by atoms with van der Waals surface area (Å²) in [7, 11) is 1.68. The van der Waals surface area contributed by atoms with E-state index < -0.39 is 0 Å². The van der Waals surface area contributed by atoms with Crippen LogP contribution in [0.4, 0.5) is 5.69 Å². The molecule has 0 saturated carbocycles. The first-order chi connectivity index (χ1) is 11.7. The zero-order valence-corrected chi connectivity index (χ0v) is 16.7. The number of halogens is 1. The number of para-hydroxylation sites is 1. The predicted octanol–water partition coefficient (Wildman–Crippen LogP) is 3.64. The molecular weight excluding hydrogens is 431 g/mol. The number of aliphatic imine (C=N–C) groups is 1. The Balaban J connectivity index is 0.00000312. The molecule has 6 nitrogen and oxygen atoms in total. The van der Waals surface area contributed by atoms with Crippen LogP contribution < -0.4 is 10.6 Å². The van der Waals surface area contributed by atoms with Crippen LogP contribution in [0.3, 0.4) is 0 Å². The Hall–Kier alpha value is -2.16. The van der Waals surface area contributed by atoms with Gasteiger partial charge in [0, 0.05) is 31.8 Å². The van der Waals surface area contributed by atoms with E-state index in [0.717, 1.165) is 6.42 Å². The number of hydrogen-bond acceptors (Lipinski definition) is 3. The van der Waals surface area contributed by atoms with Crippen molar-refractivity contribution >= 4 is 35.6 Å². The number of aryl methyl sites for hydroxylation is 1. The number of nitro benzene ring substituents is 1. The Bertz CT molecular complexity index is 735. The SMILES string of the molecule is CCc1ccccc1CNC(=NC)NCc1ccccc1[N+](=O)[O-].I. The molecule has 25 heavy (non-hydrogen) atoms. The van der Waals surface area contributed by atoms with E-state index in [1.165, 1.54) is 17.2 Å². The third-order valence-corrected chi connectivity index (χ3v) is 3.80. The first kappa shape index (κ1) is 20.9. The molecule has 0 unspecified atom stereocenters. The monoisotopic (exact) mass is 454 g/mol. The fraction of sp³-hybridized carbons (Fsp3) is 0.278. The van der Waals surface area contributed by atoms with E-state index in [0.29, 0.717) is 24.6 Å². The van der Waals surface area contributed by atoms with E-state index in [-0.39, 0.29) is 34.6 Å². The van der Waals surface area contributed by atoms with E-state index >= 15 is 0 Å². The van der Waals surface area contributed by atoms with Crippen LogP contribution in [0.1, 0.15) is 23.6 Å². The second-order valence-corrected chi connectivity index (χ2v) is 5.29. The highest BCUT2D eigenvalue weighted by Crippen LogP contribution is 2.17. The summed E-state index contributed by atoms with van der Waals surface area (Å²) in [4.78, 5) is 14.9. The number of nitrogens with zero attached hydrogens (tertiary/aromatic N) is 2. The van der Waals surface area contributed by atoms with Gasteiger partial charge in [-0.2, -0.15) is 0 Å². The summed E-state index contributed by atoms with van der Waals surface area (Å²) >= 11 is 0. The van der Waals surface area contributed by atoms with Gasteiger partial charge in [0.15, 0.2) is 5.96 Å². The third-order valence-electron chi connectivity index (χ3n) is 3.80.